The van der Waals surface area contributed by atoms with Crippen molar-refractivity contribution in [3.05, 3.63) is 130 Å². The zero-order chi connectivity index (χ0) is 32.3. The SMILES string of the molecule is C1=Cc2cc3cc(Oc4cc5cc6nc(cc7ccc(cc8nc(cc4[nH]5)C=C8)[nH]7)C=C6)c(cc4nc(cc5ccc(cc1n2)[nH]5)C=C4)[nH]3. The fourth-order valence-electron chi connectivity index (χ4n) is 6.27. The minimum atomic E-state index is 0.650. The highest BCUT2D eigenvalue weighted by atomic mass is 16.5. The lowest BCUT2D eigenvalue weighted by Crippen LogP contribution is -1.82. The minimum absolute atomic E-state index is 0.650. The molecule has 0 spiro atoms. The summed E-state index contributed by atoms with van der Waals surface area (Å²) in [4.78, 5) is 33.2. The molecule has 0 aliphatic carbocycles. The fourth-order valence-corrected chi connectivity index (χ4v) is 6.27. The van der Waals surface area contributed by atoms with Crippen LogP contribution in [0.15, 0.2) is 84.9 Å². The first-order chi connectivity index (χ1) is 24.1. The highest BCUT2D eigenvalue weighted by Crippen LogP contribution is 2.33. The number of nitrogens with one attached hydrogen (secondary N) is 4. The van der Waals surface area contributed by atoms with E-state index in [2.05, 4.69) is 19.9 Å². The number of hydrogen-bond donors (Lipinski definition) is 4. The molecule has 0 unspecified atom stereocenters. The van der Waals surface area contributed by atoms with Crippen LogP contribution < -0.4 is 4.74 Å². The summed E-state index contributed by atoms with van der Waals surface area (Å²) in [5.41, 5.74) is 13.9. The van der Waals surface area contributed by atoms with Crippen molar-refractivity contribution in [1.82, 2.24) is 39.9 Å². The van der Waals surface area contributed by atoms with Gasteiger partial charge >= 0.3 is 0 Å². The summed E-state index contributed by atoms with van der Waals surface area (Å²) < 4.78 is 6.74. The van der Waals surface area contributed by atoms with Gasteiger partial charge in [0.1, 0.15) is 0 Å². The zero-order valence-corrected chi connectivity index (χ0v) is 25.9. The van der Waals surface area contributed by atoms with Gasteiger partial charge in [0.2, 0.25) is 0 Å². The highest BCUT2D eigenvalue weighted by molar-refractivity contribution is 5.82. The van der Waals surface area contributed by atoms with E-state index in [4.69, 9.17) is 24.7 Å². The van der Waals surface area contributed by atoms with Crippen LogP contribution in [0.2, 0.25) is 0 Å². The third-order valence-electron chi connectivity index (χ3n) is 8.48. The Morgan fingerprint density at radius 2 is 0.592 bits per heavy atom. The van der Waals surface area contributed by atoms with E-state index in [-0.39, 0.29) is 0 Å². The van der Waals surface area contributed by atoms with Gasteiger partial charge in [0, 0.05) is 45.2 Å². The Kier molecular flexibility index (Phi) is 5.97. The van der Waals surface area contributed by atoms with Gasteiger partial charge in [0.05, 0.1) is 56.6 Å². The number of ether oxygens (including phenoxy) is 1. The molecule has 9 heteroatoms. The first-order valence-corrected chi connectivity index (χ1v) is 15.9. The standard InChI is InChI=1S/C40H26N8O/c1-3-25-15-29-9-11-33(45-29)19-37-39(21-35(47-37)17-31-7-5-27(43-31)13-23(1)41-25)49-40-22-36-18-32-8-6-28(44-32)14-24-2-4-26(42-24)16-30-10-12-34(46-30)20-38(40)48-36/h1-22,41-42,47-48H. The van der Waals surface area contributed by atoms with Crippen molar-refractivity contribution in [1.29, 1.82) is 0 Å². The lowest BCUT2D eigenvalue weighted by atomic mass is 10.3. The molecule has 16 bridgehead atoms. The van der Waals surface area contributed by atoms with Crippen LogP contribution >= 0.6 is 0 Å². The molecule has 0 amide bonds. The molecule has 0 radical (unpaired) electrons. The average molecular weight is 635 g/mol. The summed E-state index contributed by atoms with van der Waals surface area (Å²) in [5, 5.41) is 0. The Bertz CT molecular complexity index is 2630. The maximum atomic E-state index is 6.74. The number of H-pyrrole nitrogens is 4. The zero-order valence-electron chi connectivity index (χ0n) is 25.9. The fraction of sp³-hybridized carbons (Fsp3) is 0. The van der Waals surface area contributed by atoms with Crippen LogP contribution in [0.25, 0.3) is 92.7 Å². The Labute approximate surface area is 278 Å². The molecule has 9 nitrogen and oxygen atoms in total. The monoisotopic (exact) mass is 634 g/mol. The first-order valence-electron chi connectivity index (χ1n) is 15.9. The number of hydrogen-bond acceptors (Lipinski definition) is 5. The van der Waals surface area contributed by atoms with Gasteiger partial charge in [-0.2, -0.15) is 0 Å². The second kappa shape index (κ2) is 10.8. The molecule has 0 saturated heterocycles. The molecule has 10 heterocycles. The number of nitrogens with zero attached hydrogens (tertiary/aromatic N) is 4. The van der Waals surface area contributed by atoms with Gasteiger partial charge in [-0.3, -0.25) is 0 Å². The largest absolute Gasteiger partial charge is 0.453 e. The van der Waals surface area contributed by atoms with Gasteiger partial charge in [0.15, 0.2) is 11.5 Å². The van der Waals surface area contributed by atoms with Crippen LogP contribution in [0.1, 0.15) is 45.6 Å². The van der Waals surface area contributed by atoms with Crippen molar-refractivity contribution in [3.8, 4) is 11.5 Å². The minimum Gasteiger partial charge on any atom is -0.453 e. The van der Waals surface area contributed by atoms with Crippen LogP contribution in [0.3, 0.4) is 0 Å². The summed E-state index contributed by atoms with van der Waals surface area (Å²) in [6.07, 6.45) is 16.0. The third-order valence-corrected chi connectivity index (χ3v) is 8.48. The molecule has 0 aromatic carbocycles. The van der Waals surface area contributed by atoms with Crippen LogP contribution in [-0.4, -0.2) is 39.9 Å². The predicted molar refractivity (Wildman–Crippen MR) is 198 cm³/mol. The van der Waals surface area contributed by atoms with E-state index in [0.717, 1.165) is 89.7 Å². The number of aromatic nitrogens is 8. The van der Waals surface area contributed by atoms with E-state index < -0.39 is 0 Å². The van der Waals surface area contributed by atoms with Gasteiger partial charge in [-0.1, -0.05) is 0 Å². The van der Waals surface area contributed by atoms with Crippen LogP contribution in [0.5, 0.6) is 11.5 Å². The van der Waals surface area contributed by atoms with Crippen molar-refractivity contribution < 1.29 is 4.74 Å². The Morgan fingerprint density at radius 3 is 0.918 bits per heavy atom. The van der Waals surface area contributed by atoms with E-state index in [0.29, 0.717) is 11.5 Å². The Morgan fingerprint density at radius 1 is 0.306 bits per heavy atom. The molecule has 232 valence electrons. The average Bonchev–Trinajstić information content (AvgIpc) is 3.92. The molecule has 0 atom stereocenters. The lowest BCUT2D eigenvalue weighted by molar-refractivity contribution is 0.495. The Balaban J connectivity index is 1.16. The van der Waals surface area contributed by atoms with Crippen molar-refractivity contribution in [2.45, 2.75) is 0 Å². The summed E-state index contributed by atoms with van der Waals surface area (Å²) in [5.74, 6) is 1.30. The molecule has 6 aromatic heterocycles. The molecule has 0 fully saturated rings. The van der Waals surface area contributed by atoms with Crippen molar-refractivity contribution in [2.24, 2.45) is 0 Å². The van der Waals surface area contributed by atoms with Gasteiger partial charge in [-0.25, -0.2) is 19.9 Å². The van der Waals surface area contributed by atoms with Gasteiger partial charge in [-0.15, -0.1) is 0 Å². The van der Waals surface area contributed by atoms with E-state index in [1.807, 2.05) is 134 Å². The van der Waals surface area contributed by atoms with E-state index in [1.54, 1.807) is 0 Å². The Hall–Kier alpha value is -7.00. The number of aromatic amines is 4. The van der Waals surface area contributed by atoms with Crippen molar-refractivity contribution in [3.63, 3.8) is 0 Å². The predicted octanol–water partition coefficient (Wildman–Crippen LogP) is 9.42. The second-order valence-electron chi connectivity index (χ2n) is 12.2. The molecule has 6 aromatic rings. The van der Waals surface area contributed by atoms with Gasteiger partial charge in [-0.05, 0) is 121 Å². The number of fused-ring (bicyclic) bond motifs is 16. The van der Waals surface area contributed by atoms with E-state index in [9.17, 15) is 0 Å². The van der Waals surface area contributed by atoms with Crippen LogP contribution in [-0.2, 0) is 0 Å². The summed E-state index contributed by atoms with van der Waals surface area (Å²) >= 11 is 0. The summed E-state index contributed by atoms with van der Waals surface area (Å²) in [6.45, 7) is 0. The molecule has 4 aliphatic rings. The normalized spacial score (nSPS) is 13.0. The first kappa shape index (κ1) is 27.1. The summed E-state index contributed by atoms with van der Waals surface area (Å²) in [6, 6.07) is 28.3. The second-order valence-corrected chi connectivity index (χ2v) is 12.2. The molecular weight excluding hydrogens is 608 g/mol. The topological polar surface area (TPSA) is 124 Å². The van der Waals surface area contributed by atoms with Crippen molar-refractivity contribution in [2.75, 3.05) is 0 Å². The van der Waals surface area contributed by atoms with Crippen molar-refractivity contribution >= 4 is 92.7 Å². The smallest absolute Gasteiger partial charge is 0.153 e. The van der Waals surface area contributed by atoms with Crippen LogP contribution in [0, 0.1) is 0 Å². The third kappa shape index (κ3) is 5.45. The van der Waals surface area contributed by atoms with Gasteiger partial charge in [0.25, 0.3) is 0 Å². The molecule has 10 rings (SSSR count). The molecule has 49 heavy (non-hydrogen) atoms. The quantitative estimate of drug-likeness (QED) is 0.151. The molecule has 4 aliphatic heterocycles. The summed E-state index contributed by atoms with van der Waals surface area (Å²) in [7, 11) is 0. The highest BCUT2D eigenvalue weighted by Gasteiger charge is 2.11. The maximum Gasteiger partial charge on any atom is 0.153 e. The molecule has 0 saturated carbocycles. The molecular formula is C40H26N8O. The van der Waals surface area contributed by atoms with Gasteiger partial charge < -0.3 is 24.7 Å². The molecule has 4 N–H and O–H groups in total. The lowest BCUT2D eigenvalue weighted by Gasteiger charge is -2.01. The maximum absolute atomic E-state index is 6.74. The van der Waals surface area contributed by atoms with E-state index in [1.165, 1.54) is 0 Å². The van der Waals surface area contributed by atoms with E-state index >= 15 is 0 Å². The number of rotatable bonds is 2. The van der Waals surface area contributed by atoms with Crippen LogP contribution in [0.4, 0.5) is 0 Å².